The summed E-state index contributed by atoms with van der Waals surface area (Å²) in [5, 5.41) is 7.55. The third-order valence-electron chi connectivity index (χ3n) is 5.03. The lowest BCUT2D eigenvalue weighted by Crippen LogP contribution is -2.33. The van der Waals surface area contributed by atoms with E-state index in [1.54, 1.807) is 6.26 Å². The summed E-state index contributed by atoms with van der Waals surface area (Å²) in [6.45, 7) is 2.61. The summed E-state index contributed by atoms with van der Waals surface area (Å²) in [5.41, 5.74) is 2.96. The molecule has 0 amide bonds. The Labute approximate surface area is 168 Å². The van der Waals surface area contributed by atoms with Crippen LogP contribution in [0.3, 0.4) is 0 Å². The van der Waals surface area contributed by atoms with Crippen LogP contribution >= 0.6 is 11.6 Å². The second kappa shape index (κ2) is 6.91. The molecule has 0 bridgehead atoms. The van der Waals surface area contributed by atoms with Gasteiger partial charge in [-0.1, -0.05) is 11.6 Å². The van der Waals surface area contributed by atoms with Crippen LogP contribution in [0.5, 0.6) is 11.5 Å². The number of fused-ring (bicyclic) bond motifs is 3. The van der Waals surface area contributed by atoms with Gasteiger partial charge in [0.05, 0.1) is 18.9 Å². The summed E-state index contributed by atoms with van der Waals surface area (Å²) in [6.07, 6.45) is 2.07. The normalized spacial score (nSPS) is 20.2. The smallest absolute Gasteiger partial charge is 0.213 e. The topological polar surface area (TPSA) is 47.2 Å². The number of furan rings is 1. The summed E-state index contributed by atoms with van der Waals surface area (Å²) in [6, 6.07) is 17.6. The number of halogens is 1. The van der Waals surface area contributed by atoms with Gasteiger partial charge in [-0.3, -0.25) is 0 Å². The molecular formula is C22H19ClN2O3. The Balaban J connectivity index is 1.55. The quantitative estimate of drug-likeness (QED) is 0.580. The molecule has 28 heavy (non-hydrogen) atoms. The number of rotatable bonds is 4. The number of nitrogens with zero attached hydrogens (tertiary/aromatic N) is 2. The number of ether oxygens (including phenoxy) is 2. The van der Waals surface area contributed by atoms with Gasteiger partial charge in [-0.2, -0.15) is 5.10 Å². The predicted octanol–water partition coefficient (Wildman–Crippen LogP) is 5.57. The number of hydrogen-bond acceptors (Lipinski definition) is 5. The standard InChI is InChI=1S/C22H19ClN2O3/c1-2-26-16-8-5-14(6-9-16)22-25-19(13-18(24-25)21-4-3-11-27-21)17-12-15(23)7-10-20(17)28-22/h3-12,19,22H,2,13H2,1H3/t19-,22-/m0/s1. The maximum absolute atomic E-state index is 6.34. The first-order chi connectivity index (χ1) is 13.7. The van der Waals surface area contributed by atoms with Crippen molar-refractivity contribution in [2.75, 3.05) is 6.61 Å². The van der Waals surface area contributed by atoms with Crippen LogP contribution in [0.4, 0.5) is 0 Å². The van der Waals surface area contributed by atoms with E-state index in [1.165, 1.54) is 0 Å². The molecule has 3 aromatic rings. The van der Waals surface area contributed by atoms with Crippen LogP contribution in [0.15, 0.2) is 70.4 Å². The van der Waals surface area contributed by atoms with E-state index in [0.717, 1.165) is 40.5 Å². The molecule has 0 fully saturated rings. The van der Waals surface area contributed by atoms with E-state index < -0.39 is 0 Å². The van der Waals surface area contributed by atoms with Crippen molar-refractivity contribution >= 4 is 17.3 Å². The SMILES string of the molecule is CCOc1ccc([C@@H]2Oc3ccc(Cl)cc3[C@@H]3CC(c4ccco4)=NN32)cc1. The van der Waals surface area contributed by atoms with Crippen molar-refractivity contribution in [1.82, 2.24) is 5.01 Å². The van der Waals surface area contributed by atoms with Gasteiger partial charge in [0.25, 0.3) is 0 Å². The molecule has 2 aliphatic rings. The molecular weight excluding hydrogens is 376 g/mol. The summed E-state index contributed by atoms with van der Waals surface area (Å²) in [7, 11) is 0. The van der Waals surface area contributed by atoms with Crippen LogP contribution in [0, 0.1) is 0 Å². The molecule has 3 heterocycles. The molecule has 0 saturated heterocycles. The highest BCUT2D eigenvalue weighted by Crippen LogP contribution is 2.48. The maximum Gasteiger partial charge on any atom is 0.213 e. The Hall–Kier alpha value is -2.92. The third-order valence-corrected chi connectivity index (χ3v) is 5.27. The van der Waals surface area contributed by atoms with Gasteiger partial charge in [-0.15, -0.1) is 0 Å². The van der Waals surface area contributed by atoms with Crippen LogP contribution in [0.1, 0.15) is 42.5 Å². The molecule has 0 spiro atoms. The summed E-state index contributed by atoms with van der Waals surface area (Å²) < 4.78 is 17.5. The molecule has 2 aliphatic heterocycles. The first-order valence-electron chi connectivity index (χ1n) is 9.31. The van der Waals surface area contributed by atoms with Crippen molar-refractivity contribution < 1.29 is 13.9 Å². The highest BCUT2D eigenvalue weighted by molar-refractivity contribution is 6.30. The fraction of sp³-hybridized carbons (Fsp3) is 0.227. The van der Waals surface area contributed by atoms with Gasteiger partial charge in [0, 0.05) is 22.6 Å². The van der Waals surface area contributed by atoms with E-state index in [1.807, 2.05) is 66.5 Å². The van der Waals surface area contributed by atoms with Gasteiger partial charge in [0.2, 0.25) is 6.23 Å². The lowest BCUT2D eigenvalue weighted by Gasteiger charge is -2.38. The van der Waals surface area contributed by atoms with Crippen LogP contribution in [-0.2, 0) is 0 Å². The van der Waals surface area contributed by atoms with Gasteiger partial charge in [-0.05, 0) is 61.5 Å². The summed E-state index contributed by atoms with van der Waals surface area (Å²) in [5.74, 6) is 2.45. The minimum Gasteiger partial charge on any atom is -0.494 e. The number of hydrazone groups is 1. The van der Waals surface area contributed by atoms with Crippen molar-refractivity contribution in [3.8, 4) is 11.5 Å². The molecule has 0 unspecified atom stereocenters. The molecule has 2 aromatic carbocycles. The van der Waals surface area contributed by atoms with Gasteiger partial charge in [0.1, 0.15) is 23.0 Å². The van der Waals surface area contributed by atoms with Crippen LogP contribution in [-0.4, -0.2) is 17.3 Å². The zero-order valence-corrected chi connectivity index (χ0v) is 16.1. The molecule has 5 nitrogen and oxygen atoms in total. The third kappa shape index (κ3) is 2.92. The Kier molecular flexibility index (Phi) is 4.24. The monoisotopic (exact) mass is 394 g/mol. The molecule has 142 valence electrons. The van der Waals surface area contributed by atoms with E-state index in [4.69, 9.17) is 30.6 Å². The molecule has 0 saturated carbocycles. The van der Waals surface area contributed by atoms with Crippen molar-refractivity contribution in [1.29, 1.82) is 0 Å². The molecule has 6 heteroatoms. The van der Waals surface area contributed by atoms with Crippen molar-refractivity contribution in [2.24, 2.45) is 5.10 Å². The van der Waals surface area contributed by atoms with E-state index in [9.17, 15) is 0 Å². The lowest BCUT2D eigenvalue weighted by molar-refractivity contribution is -0.0190. The fourth-order valence-corrected chi connectivity index (χ4v) is 3.95. The zero-order valence-electron chi connectivity index (χ0n) is 15.3. The first kappa shape index (κ1) is 17.2. The Morgan fingerprint density at radius 3 is 2.79 bits per heavy atom. The molecule has 2 atom stereocenters. The minimum absolute atomic E-state index is 0.0409. The molecule has 1 aromatic heterocycles. The number of benzene rings is 2. The Bertz CT molecular complexity index is 1010. The lowest BCUT2D eigenvalue weighted by atomic mass is 9.97. The maximum atomic E-state index is 6.34. The first-order valence-corrected chi connectivity index (χ1v) is 9.69. The average Bonchev–Trinajstić information content (AvgIpc) is 3.38. The van der Waals surface area contributed by atoms with E-state index in [0.29, 0.717) is 11.6 Å². The largest absolute Gasteiger partial charge is 0.494 e. The van der Waals surface area contributed by atoms with Crippen molar-refractivity contribution in [3.05, 3.63) is 82.8 Å². The van der Waals surface area contributed by atoms with Gasteiger partial charge >= 0.3 is 0 Å². The van der Waals surface area contributed by atoms with Crippen LogP contribution in [0.2, 0.25) is 5.02 Å². The van der Waals surface area contributed by atoms with Gasteiger partial charge in [0.15, 0.2) is 0 Å². The highest BCUT2D eigenvalue weighted by Gasteiger charge is 2.41. The second-order valence-electron chi connectivity index (χ2n) is 6.78. The zero-order chi connectivity index (χ0) is 19.1. The van der Waals surface area contributed by atoms with Gasteiger partial charge in [-0.25, -0.2) is 5.01 Å². The summed E-state index contributed by atoms with van der Waals surface area (Å²) >= 11 is 6.26. The molecule has 0 N–H and O–H groups in total. The molecule has 0 radical (unpaired) electrons. The van der Waals surface area contributed by atoms with Crippen molar-refractivity contribution in [2.45, 2.75) is 25.6 Å². The fourth-order valence-electron chi connectivity index (χ4n) is 3.76. The van der Waals surface area contributed by atoms with Crippen LogP contribution < -0.4 is 9.47 Å². The van der Waals surface area contributed by atoms with E-state index >= 15 is 0 Å². The van der Waals surface area contributed by atoms with Gasteiger partial charge < -0.3 is 13.9 Å². The second-order valence-corrected chi connectivity index (χ2v) is 7.21. The molecule has 5 rings (SSSR count). The highest BCUT2D eigenvalue weighted by atomic mass is 35.5. The Morgan fingerprint density at radius 2 is 2.04 bits per heavy atom. The number of hydrogen-bond donors (Lipinski definition) is 0. The summed E-state index contributed by atoms with van der Waals surface area (Å²) in [4.78, 5) is 0. The Morgan fingerprint density at radius 1 is 1.18 bits per heavy atom. The average molecular weight is 395 g/mol. The predicted molar refractivity (Wildman–Crippen MR) is 107 cm³/mol. The minimum atomic E-state index is -0.332. The molecule has 0 aliphatic carbocycles. The van der Waals surface area contributed by atoms with E-state index in [-0.39, 0.29) is 12.3 Å². The van der Waals surface area contributed by atoms with Crippen molar-refractivity contribution in [3.63, 3.8) is 0 Å². The van der Waals surface area contributed by atoms with E-state index in [2.05, 4.69) is 0 Å². The van der Waals surface area contributed by atoms with Crippen LogP contribution in [0.25, 0.3) is 0 Å².